The van der Waals surface area contributed by atoms with Crippen LogP contribution in [-0.4, -0.2) is 13.2 Å². The Morgan fingerprint density at radius 2 is 2.12 bits per heavy atom. The van der Waals surface area contributed by atoms with Crippen LogP contribution >= 0.6 is 15.9 Å². The molecule has 2 nitrogen and oxygen atoms in total. The molecule has 0 aliphatic carbocycles. The van der Waals surface area contributed by atoms with E-state index < -0.39 is 6.61 Å². The lowest BCUT2D eigenvalue weighted by Gasteiger charge is -2.09. The lowest BCUT2D eigenvalue weighted by Crippen LogP contribution is -2.03. The summed E-state index contributed by atoms with van der Waals surface area (Å²) < 4.78 is 34.1. The molecule has 0 radical (unpaired) electrons. The van der Waals surface area contributed by atoms with Crippen molar-refractivity contribution in [2.24, 2.45) is 0 Å². The highest BCUT2D eigenvalue weighted by Crippen LogP contribution is 2.30. The fraction of sp³-hybridized carbons (Fsp3) is 0.455. The molecule has 0 aliphatic rings. The van der Waals surface area contributed by atoms with Crippen LogP contribution in [-0.2, 0) is 0 Å². The highest BCUT2D eigenvalue weighted by molar-refractivity contribution is 9.10. The molecule has 5 heteroatoms. The van der Waals surface area contributed by atoms with E-state index in [0.29, 0.717) is 16.8 Å². The van der Waals surface area contributed by atoms with Crippen LogP contribution in [0.1, 0.15) is 19.8 Å². The van der Waals surface area contributed by atoms with E-state index in [1.54, 1.807) is 12.1 Å². The minimum atomic E-state index is -2.82. The van der Waals surface area contributed by atoms with Gasteiger partial charge >= 0.3 is 6.61 Å². The number of rotatable bonds is 6. The zero-order valence-electron chi connectivity index (χ0n) is 8.88. The highest BCUT2D eigenvalue weighted by Gasteiger charge is 2.08. The zero-order valence-corrected chi connectivity index (χ0v) is 10.5. The van der Waals surface area contributed by atoms with Crippen molar-refractivity contribution in [3.8, 4) is 11.5 Å². The lowest BCUT2D eigenvalue weighted by molar-refractivity contribution is -0.0503. The molecule has 1 aromatic rings. The fourth-order valence-electron chi connectivity index (χ4n) is 1.10. The van der Waals surface area contributed by atoms with Crippen molar-refractivity contribution in [2.45, 2.75) is 26.4 Å². The van der Waals surface area contributed by atoms with Crippen molar-refractivity contribution in [3.05, 3.63) is 22.7 Å². The van der Waals surface area contributed by atoms with Gasteiger partial charge in [-0.05, 0) is 40.5 Å². The summed E-state index contributed by atoms with van der Waals surface area (Å²) >= 11 is 3.15. The van der Waals surface area contributed by atoms with Gasteiger partial charge in [0.25, 0.3) is 0 Å². The maximum atomic E-state index is 12.0. The fourth-order valence-corrected chi connectivity index (χ4v) is 1.55. The van der Waals surface area contributed by atoms with Gasteiger partial charge in [0.1, 0.15) is 11.5 Å². The Morgan fingerprint density at radius 3 is 2.69 bits per heavy atom. The second-order valence-electron chi connectivity index (χ2n) is 3.17. The molecule has 0 unspecified atom stereocenters. The van der Waals surface area contributed by atoms with E-state index in [0.717, 1.165) is 12.8 Å². The third kappa shape index (κ3) is 4.35. The predicted octanol–water partition coefficient (Wildman–Crippen LogP) is 4.23. The van der Waals surface area contributed by atoms with E-state index in [9.17, 15) is 8.78 Å². The first-order valence-electron chi connectivity index (χ1n) is 5.00. The molecule has 0 atom stereocenters. The van der Waals surface area contributed by atoms with E-state index >= 15 is 0 Å². The average molecular weight is 295 g/mol. The topological polar surface area (TPSA) is 18.5 Å². The number of unbranched alkanes of at least 4 members (excludes halogenated alkanes) is 1. The van der Waals surface area contributed by atoms with E-state index in [1.807, 2.05) is 0 Å². The molecule has 0 heterocycles. The van der Waals surface area contributed by atoms with Crippen LogP contribution in [0.2, 0.25) is 0 Å². The third-order valence-corrected chi connectivity index (χ3v) is 2.51. The molecule has 0 aromatic heterocycles. The molecule has 0 saturated carbocycles. The van der Waals surface area contributed by atoms with Crippen LogP contribution < -0.4 is 9.47 Å². The second-order valence-corrected chi connectivity index (χ2v) is 4.03. The maximum absolute atomic E-state index is 12.0. The van der Waals surface area contributed by atoms with Gasteiger partial charge in [0.15, 0.2) is 0 Å². The van der Waals surface area contributed by atoms with Gasteiger partial charge in [-0.1, -0.05) is 13.3 Å². The Labute approximate surface area is 102 Å². The molecule has 0 aliphatic heterocycles. The van der Waals surface area contributed by atoms with Gasteiger partial charge in [-0.2, -0.15) is 8.78 Å². The van der Waals surface area contributed by atoms with Gasteiger partial charge in [0.05, 0.1) is 11.1 Å². The number of benzene rings is 1. The summed E-state index contributed by atoms with van der Waals surface area (Å²) in [4.78, 5) is 0. The summed E-state index contributed by atoms with van der Waals surface area (Å²) in [6.07, 6.45) is 2.01. The Kier molecular flexibility index (Phi) is 5.52. The molecule has 1 aromatic carbocycles. The van der Waals surface area contributed by atoms with Crippen LogP contribution in [0.15, 0.2) is 22.7 Å². The van der Waals surface area contributed by atoms with Crippen LogP contribution in [0.3, 0.4) is 0 Å². The molecule has 16 heavy (non-hydrogen) atoms. The molecule has 90 valence electrons. The number of hydrogen-bond donors (Lipinski definition) is 0. The Bertz CT molecular complexity index is 332. The molecule has 0 saturated heterocycles. The standard InChI is InChI=1S/C11H13BrF2O2/c1-2-3-6-15-8-4-5-10(9(12)7-8)16-11(13)14/h4-5,7,11H,2-3,6H2,1H3. The summed E-state index contributed by atoms with van der Waals surface area (Å²) in [5, 5.41) is 0. The number of ether oxygens (including phenoxy) is 2. The van der Waals surface area contributed by atoms with Crippen LogP contribution in [0.5, 0.6) is 11.5 Å². The van der Waals surface area contributed by atoms with Gasteiger partial charge in [-0.3, -0.25) is 0 Å². The van der Waals surface area contributed by atoms with Crippen molar-refractivity contribution in [2.75, 3.05) is 6.61 Å². The van der Waals surface area contributed by atoms with Gasteiger partial charge < -0.3 is 9.47 Å². The quantitative estimate of drug-likeness (QED) is 0.731. The first-order valence-corrected chi connectivity index (χ1v) is 5.80. The van der Waals surface area contributed by atoms with Gasteiger partial charge in [0.2, 0.25) is 0 Å². The molecular weight excluding hydrogens is 282 g/mol. The zero-order chi connectivity index (χ0) is 12.0. The molecule has 0 fully saturated rings. The Hall–Kier alpha value is -0.840. The second kappa shape index (κ2) is 6.68. The van der Waals surface area contributed by atoms with Crippen molar-refractivity contribution >= 4 is 15.9 Å². The minimum Gasteiger partial charge on any atom is -0.494 e. The highest BCUT2D eigenvalue weighted by atomic mass is 79.9. The van der Waals surface area contributed by atoms with Crippen molar-refractivity contribution in [3.63, 3.8) is 0 Å². The summed E-state index contributed by atoms with van der Waals surface area (Å²) in [5.74, 6) is 0.750. The molecule has 0 bridgehead atoms. The number of alkyl halides is 2. The van der Waals surface area contributed by atoms with Crippen molar-refractivity contribution < 1.29 is 18.3 Å². The summed E-state index contributed by atoms with van der Waals surface area (Å²) in [6, 6.07) is 4.68. The maximum Gasteiger partial charge on any atom is 0.387 e. The number of halogens is 3. The minimum absolute atomic E-state index is 0.109. The van der Waals surface area contributed by atoms with Crippen LogP contribution in [0.25, 0.3) is 0 Å². The molecule has 1 rings (SSSR count). The van der Waals surface area contributed by atoms with Gasteiger partial charge in [-0.25, -0.2) is 0 Å². The summed E-state index contributed by atoms with van der Waals surface area (Å²) in [5.41, 5.74) is 0. The Morgan fingerprint density at radius 1 is 1.38 bits per heavy atom. The SMILES string of the molecule is CCCCOc1ccc(OC(F)F)c(Br)c1. The van der Waals surface area contributed by atoms with E-state index in [4.69, 9.17) is 4.74 Å². The third-order valence-electron chi connectivity index (χ3n) is 1.89. The molecule has 0 N–H and O–H groups in total. The monoisotopic (exact) mass is 294 g/mol. The predicted molar refractivity (Wildman–Crippen MR) is 61.2 cm³/mol. The molecule has 0 amide bonds. The average Bonchev–Trinajstić information content (AvgIpc) is 2.22. The molecule has 0 spiro atoms. The van der Waals surface area contributed by atoms with Crippen molar-refractivity contribution in [1.29, 1.82) is 0 Å². The van der Waals surface area contributed by atoms with Crippen molar-refractivity contribution in [1.82, 2.24) is 0 Å². The van der Waals surface area contributed by atoms with Crippen LogP contribution in [0, 0.1) is 0 Å². The Balaban J connectivity index is 2.60. The van der Waals surface area contributed by atoms with Gasteiger partial charge in [-0.15, -0.1) is 0 Å². The lowest BCUT2D eigenvalue weighted by atomic mass is 10.3. The van der Waals surface area contributed by atoms with Gasteiger partial charge in [0, 0.05) is 0 Å². The van der Waals surface area contributed by atoms with E-state index in [-0.39, 0.29) is 5.75 Å². The first kappa shape index (κ1) is 13.2. The molecular formula is C11H13BrF2O2. The van der Waals surface area contributed by atoms with E-state index in [1.165, 1.54) is 6.07 Å². The smallest absolute Gasteiger partial charge is 0.387 e. The first-order chi connectivity index (χ1) is 7.63. The largest absolute Gasteiger partial charge is 0.494 e. The normalized spacial score (nSPS) is 10.6. The number of hydrogen-bond acceptors (Lipinski definition) is 2. The summed E-state index contributed by atoms with van der Waals surface area (Å²) in [6.45, 7) is -0.125. The van der Waals surface area contributed by atoms with E-state index in [2.05, 4.69) is 27.6 Å². The summed E-state index contributed by atoms with van der Waals surface area (Å²) in [7, 11) is 0. The van der Waals surface area contributed by atoms with Crippen LogP contribution in [0.4, 0.5) is 8.78 Å².